The zero-order valence-corrected chi connectivity index (χ0v) is 9.02. The molecule has 6 nitrogen and oxygen atoms in total. The Morgan fingerprint density at radius 3 is 2.62 bits per heavy atom. The predicted molar refractivity (Wildman–Crippen MR) is 51.2 cm³/mol. The maximum atomic E-state index is 11.2. The third-order valence-electron chi connectivity index (χ3n) is 2.08. The minimum Gasteiger partial charge on any atom is -0.468 e. The quantitative estimate of drug-likeness (QED) is 0.288. The average molecular weight is 228 g/mol. The van der Waals surface area contributed by atoms with Gasteiger partial charge in [-0.3, -0.25) is 9.59 Å². The van der Waals surface area contributed by atoms with E-state index in [1.54, 1.807) is 0 Å². The first-order chi connectivity index (χ1) is 7.47. The number of hydrogen-bond donors (Lipinski definition) is 0. The molecular weight excluding hydrogens is 216 g/mol. The molecule has 0 radical (unpaired) electrons. The Morgan fingerprint density at radius 2 is 2.12 bits per heavy atom. The number of rotatable bonds is 3. The second-order valence-corrected chi connectivity index (χ2v) is 3.35. The normalized spacial score (nSPS) is 23.5. The van der Waals surface area contributed by atoms with Gasteiger partial charge in [0.25, 0.3) is 0 Å². The van der Waals surface area contributed by atoms with Gasteiger partial charge in [-0.2, -0.15) is 0 Å². The van der Waals surface area contributed by atoms with E-state index < -0.39 is 29.9 Å². The molecule has 1 heterocycles. The Kier molecular flexibility index (Phi) is 3.65. The van der Waals surface area contributed by atoms with Crippen LogP contribution in [0.15, 0.2) is 12.2 Å². The van der Waals surface area contributed by atoms with Crippen LogP contribution in [0, 0.1) is 5.92 Å². The van der Waals surface area contributed by atoms with Gasteiger partial charge in [-0.05, 0) is 6.92 Å². The molecule has 1 fully saturated rings. The highest BCUT2D eigenvalue weighted by atomic mass is 16.6. The third-order valence-corrected chi connectivity index (χ3v) is 2.08. The van der Waals surface area contributed by atoms with Crippen molar-refractivity contribution < 1.29 is 28.6 Å². The molecule has 0 bridgehead atoms. The first-order valence-corrected chi connectivity index (χ1v) is 4.58. The molecule has 0 aromatic rings. The molecule has 0 aromatic carbocycles. The number of carbonyl (C=O) groups excluding carboxylic acids is 3. The lowest BCUT2D eigenvalue weighted by Crippen LogP contribution is -2.34. The van der Waals surface area contributed by atoms with Crippen LogP contribution in [0.25, 0.3) is 0 Å². The van der Waals surface area contributed by atoms with Crippen LogP contribution in [-0.2, 0) is 28.6 Å². The number of esters is 3. The minimum atomic E-state index is -1.20. The van der Waals surface area contributed by atoms with Crippen molar-refractivity contribution in [1.29, 1.82) is 0 Å². The van der Waals surface area contributed by atoms with Crippen LogP contribution >= 0.6 is 0 Å². The Morgan fingerprint density at radius 1 is 1.50 bits per heavy atom. The zero-order chi connectivity index (χ0) is 12.3. The van der Waals surface area contributed by atoms with E-state index in [1.165, 1.54) is 6.92 Å². The Balaban J connectivity index is 2.73. The van der Waals surface area contributed by atoms with Crippen molar-refractivity contribution in [2.75, 3.05) is 13.7 Å². The van der Waals surface area contributed by atoms with Gasteiger partial charge in [0.1, 0.15) is 6.61 Å². The van der Waals surface area contributed by atoms with Crippen LogP contribution in [0.5, 0.6) is 0 Å². The number of cyclic esters (lactones) is 1. The monoisotopic (exact) mass is 228 g/mol. The van der Waals surface area contributed by atoms with Gasteiger partial charge < -0.3 is 14.2 Å². The first kappa shape index (κ1) is 12.2. The van der Waals surface area contributed by atoms with E-state index in [9.17, 15) is 14.4 Å². The highest BCUT2D eigenvalue weighted by Gasteiger charge is 2.45. The predicted octanol–water partition coefficient (Wildman–Crippen LogP) is -0.180. The molecule has 88 valence electrons. The van der Waals surface area contributed by atoms with E-state index >= 15 is 0 Å². The van der Waals surface area contributed by atoms with E-state index in [-0.39, 0.29) is 12.2 Å². The standard InChI is InChI=1S/C10H12O6/c1-5(2)8(11)16-6-4-15-10(13)7(6)9(12)14-3/h6-7H,1,4H2,2-3H3. The summed E-state index contributed by atoms with van der Waals surface area (Å²) in [6.07, 6.45) is -0.941. The van der Waals surface area contributed by atoms with Crippen LogP contribution in [0.2, 0.25) is 0 Å². The average Bonchev–Trinajstić information content (AvgIpc) is 2.58. The molecule has 0 amide bonds. The third kappa shape index (κ3) is 2.39. The molecule has 0 spiro atoms. The van der Waals surface area contributed by atoms with Crippen LogP contribution in [0.4, 0.5) is 0 Å². The van der Waals surface area contributed by atoms with Gasteiger partial charge >= 0.3 is 17.9 Å². The van der Waals surface area contributed by atoms with Crippen molar-refractivity contribution in [2.45, 2.75) is 13.0 Å². The van der Waals surface area contributed by atoms with Crippen LogP contribution < -0.4 is 0 Å². The Labute approximate surface area is 92.2 Å². The summed E-state index contributed by atoms with van der Waals surface area (Å²) < 4.78 is 14.0. The summed E-state index contributed by atoms with van der Waals surface area (Å²) >= 11 is 0. The van der Waals surface area contributed by atoms with E-state index in [1.807, 2.05) is 0 Å². The molecule has 1 aliphatic heterocycles. The van der Waals surface area contributed by atoms with Crippen molar-refractivity contribution in [3.05, 3.63) is 12.2 Å². The number of carbonyl (C=O) groups is 3. The molecule has 1 rings (SSSR count). The summed E-state index contributed by atoms with van der Waals surface area (Å²) in [6.45, 7) is 4.71. The minimum absolute atomic E-state index is 0.141. The zero-order valence-electron chi connectivity index (χ0n) is 9.02. The van der Waals surface area contributed by atoms with Gasteiger partial charge in [-0.1, -0.05) is 6.58 Å². The van der Waals surface area contributed by atoms with E-state index in [0.29, 0.717) is 0 Å². The largest absolute Gasteiger partial charge is 0.468 e. The summed E-state index contributed by atoms with van der Waals surface area (Å²) in [4.78, 5) is 33.7. The summed E-state index contributed by atoms with van der Waals surface area (Å²) in [5.41, 5.74) is 0.183. The Hall–Kier alpha value is -1.85. The van der Waals surface area contributed by atoms with Gasteiger partial charge in [0.15, 0.2) is 12.0 Å². The fraction of sp³-hybridized carbons (Fsp3) is 0.500. The van der Waals surface area contributed by atoms with Gasteiger partial charge in [0.2, 0.25) is 0 Å². The second kappa shape index (κ2) is 4.78. The topological polar surface area (TPSA) is 78.9 Å². The van der Waals surface area contributed by atoms with Gasteiger partial charge in [-0.15, -0.1) is 0 Å². The van der Waals surface area contributed by atoms with Crippen molar-refractivity contribution in [2.24, 2.45) is 5.92 Å². The fourth-order valence-electron chi connectivity index (χ4n) is 1.22. The smallest absolute Gasteiger partial charge is 0.333 e. The van der Waals surface area contributed by atoms with Gasteiger partial charge in [0.05, 0.1) is 7.11 Å². The molecule has 1 saturated heterocycles. The van der Waals surface area contributed by atoms with E-state index in [4.69, 9.17) is 4.74 Å². The summed E-state index contributed by atoms with van der Waals surface area (Å²) in [7, 11) is 1.14. The molecule has 0 aromatic heterocycles. The lowest BCUT2D eigenvalue weighted by atomic mass is 10.1. The SMILES string of the molecule is C=C(C)C(=O)OC1COC(=O)C1C(=O)OC. The van der Waals surface area contributed by atoms with Crippen LogP contribution in [-0.4, -0.2) is 37.7 Å². The van der Waals surface area contributed by atoms with Crippen molar-refractivity contribution in [3.63, 3.8) is 0 Å². The first-order valence-electron chi connectivity index (χ1n) is 4.58. The summed E-state index contributed by atoms with van der Waals surface area (Å²) in [6, 6.07) is 0. The van der Waals surface area contributed by atoms with Crippen molar-refractivity contribution >= 4 is 17.9 Å². The number of hydrogen-bond acceptors (Lipinski definition) is 6. The molecular formula is C10H12O6. The molecule has 0 N–H and O–H groups in total. The highest BCUT2D eigenvalue weighted by molar-refractivity contribution is 5.97. The van der Waals surface area contributed by atoms with Crippen molar-refractivity contribution in [1.82, 2.24) is 0 Å². The molecule has 1 aliphatic rings. The lowest BCUT2D eigenvalue weighted by Gasteiger charge is -2.13. The fourth-order valence-corrected chi connectivity index (χ4v) is 1.22. The number of methoxy groups -OCH3 is 1. The molecule has 2 unspecified atom stereocenters. The second-order valence-electron chi connectivity index (χ2n) is 3.35. The maximum Gasteiger partial charge on any atom is 0.333 e. The van der Waals surface area contributed by atoms with Crippen LogP contribution in [0.1, 0.15) is 6.92 Å². The molecule has 0 saturated carbocycles. The van der Waals surface area contributed by atoms with E-state index in [0.717, 1.165) is 7.11 Å². The number of ether oxygens (including phenoxy) is 3. The maximum absolute atomic E-state index is 11.2. The molecule has 6 heteroatoms. The highest BCUT2D eigenvalue weighted by Crippen LogP contribution is 2.20. The molecule has 16 heavy (non-hydrogen) atoms. The van der Waals surface area contributed by atoms with Gasteiger partial charge in [0, 0.05) is 5.57 Å². The lowest BCUT2D eigenvalue weighted by molar-refractivity contribution is -0.158. The van der Waals surface area contributed by atoms with Crippen molar-refractivity contribution in [3.8, 4) is 0 Å². The van der Waals surface area contributed by atoms with E-state index in [2.05, 4.69) is 16.1 Å². The molecule has 2 atom stereocenters. The summed E-state index contributed by atoms with van der Waals surface area (Å²) in [5, 5.41) is 0. The van der Waals surface area contributed by atoms with Crippen LogP contribution in [0.3, 0.4) is 0 Å². The van der Waals surface area contributed by atoms with Gasteiger partial charge in [-0.25, -0.2) is 4.79 Å². The molecule has 0 aliphatic carbocycles. The summed E-state index contributed by atoms with van der Waals surface area (Å²) in [5.74, 6) is -3.39. The Bertz CT molecular complexity index is 345.